The number of rotatable bonds is 2. The highest BCUT2D eigenvalue weighted by molar-refractivity contribution is 6.25. The molecule has 1 heterocycles. The van der Waals surface area contributed by atoms with Crippen LogP contribution < -0.4 is 9.64 Å². The van der Waals surface area contributed by atoms with Crippen molar-refractivity contribution in [3.8, 4) is 33.8 Å². The largest absolute Gasteiger partial charge is 0.453 e. The Morgan fingerprint density at radius 2 is 1.12 bits per heavy atom. The number of anilines is 2. The van der Waals surface area contributed by atoms with E-state index in [1.54, 1.807) is 0 Å². The van der Waals surface area contributed by atoms with Gasteiger partial charge in [0, 0.05) is 5.41 Å². The summed E-state index contributed by atoms with van der Waals surface area (Å²) in [6.45, 7) is 6.97. The van der Waals surface area contributed by atoms with E-state index in [1.807, 2.05) is 0 Å². The van der Waals surface area contributed by atoms with E-state index in [9.17, 15) is 0 Å². The van der Waals surface area contributed by atoms with Crippen LogP contribution in [0.3, 0.4) is 0 Å². The molecule has 0 spiro atoms. The lowest BCUT2D eigenvalue weighted by atomic mass is 9.82. The van der Waals surface area contributed by atoms with Crippen molar-refractivity contribution in [3.63, 3.8) is 0 Å². The molecule has 2 atom stereocenters. The van der Waals surface area contributed by atoms with Crippen LogP contribution in [0, 0.1) is 5.92 Å². The molecule has 230 valence electrons. The quantitative estimate of drug-likeness (QED) is 0.179. The maximum atomic E-state index is 6.83. The third-order valence-corrected chi connectivity index (χ3v) is 11.1. The molecular formula is C46H35NO. The molecular weight excluding hydrogens is 583 g/mol. The maximum Gasteiger partial charge on any atom is 0.151 e. The van der Waals surface area contributed by atoms with Gasteiger partial charge in [-0.3, -0.25) is 0 Å². The molecule has 0 saturated heterocycles. The second-order valence-corrected chi connectivity index (χ2v) is 14.2. The Labute approximate surface area is 281 Å². The van der Waals surface area contributed by atoms with Gasteiger partial charge in [0.1, 0.15) is 0 Å². The highest BCUT2D eigenvalue weighted by Crippen LogP contribution is 2.57. The average molecular weight is 618 g/mol. The normalized spacial score (nSPS) is 18.4. The summed E-state index contributed by atoms with van der Waals surface area (Å²) >= 11 is 0. The van der Waals surface area contributed by atoms with Crippen molar-refractivity contribution in [1.29, 1.82) is 0 Å². The fourth-order valence-corrected chi connectivity index (χ4v) is 8.64. The second kappa shape index (κ2) is 9.95. The summed E-state index contributed by atoms with van der Waals surface area (Å²) in [5.41, 5.74) is 9.84. The molecule has 0 fully saturated rings. The SMILES string of the molecule is CC1C=CC=CC1N1c2cc(-c3ccc4c5ccccc5c5ccccc5c4c3)ccc2Oc2cc3c(cc21)-c1ccccc1C3(C)C. The van der Waals surface area contributed by atoms with Crippen LogP contribution in [0.2, 0.25) is 0 Å². The van der Waals surface area contributed by atoms with Gasteiger partial charge in [0.05, 0.1) is 17.4 Å². The molecule has 0 amide bonds. The van der Waals surface area contributed by atoms with Crippen LogP contribution >= 0.6 is 0 Å². The molecule has 2 nitrogen and oxygen atoms in total. The van der Waals surface area contributed by atoms with Crippen molar-refractivity contribution in [3.05, 3.63) is 157 Å². The Morgan fingerprint density at radius 3 is 1.88 bits per heavy atom. The van der Waals surface area contributed by atoms with Gasteiger partial charge >= 0.3 is 0 Å². The standard InChI is InChI=1S/C46H35NO/c1-28-12-4-11-19-41(28)47-42-25-30(29-20-22-35-33-15-6-5-13-31(33)32-14-7-8-16-34(32)37(35)24-29)21-23-44(42)48-45-27-40-38(26-43(45)47)36-17-9-10-18-39(36)46(40,2)3/h4-28,41H,1-3H3. The first-order chi connectivity index (χ1) is 23.5. The van der Waals surface area contributed by atoms with Gasteiger partial charge < -0.3 is 9.64 Å². The lowest BCUT2D eigenvalue weighted by molar-refractivity contribution is 0.462. The second-order valence-electron chi connectivity index (χ2n) is 14.2. The topological polar surface area (TPSA) is 12.5 Å². The predicted molar refractivity (Wildman–Crippen MR) is 202 cm³/mol. The summed E-state index contributed by atoms with van der Waals surface area (Å²) in [4.78, 5) is 2.53. The molecule has 1 aliphatic heterocycles. The van der Waals surface area contributed by atoms with Gasteiger partial charge in [0.25, 0.3) is 0 Å². The first kappa shape index (κ1) is 27.5. The van der Waals surface area contributed by atoms with Crippen LogP contribution in [-0.4, -0.2) is 6.04 Å². The fraction of sp³-hybridized carbons (Fsp3) is 0.130. The minimum absolute atomic E-state index is 0.0916. The van der Waals surface area contributed by atoms with Crippen molar-refractivity contribution < 1.29 is 4.74 Å². The van der Waals surface area contributed by atoms with E-state index in [4.69, 9.17) is 4.74 Å². The monoisotopic (exact) mass is 617 g/mol. The zero-order valence-corrected chi connectivity index (χ0v) is 27.4. The predicted octanol–water partition coefficient (Wildman–Crippen LogP) is 12.5. The Bertz CT molecular complexity index is 2520. The summed E-state index contributed by atoms with van der Waals surface area (Å²) < 4.78 is 6.83. The third-order valence-electron chi connectivity index (χ3n) is 11.1. The fourth-order valence-electron chi connectivity index (χ4n) is 8.64. The summed E-state index contributed by atoms with van der Waals surface area (Å²) in [5.74, 6) is 2.15. The molecule has 7 aromatic rings. The molecule has 2 aliphatic carbocycles. The van der Waals surface area contributed by atoms with E-state index in [0.717, 1.165) is 22.9 Å². The molecule has 0 aromatic heterocycles. The summed E-state index contributed by atoms with van der Waals surface area (Å²) in [7, 11) is 0. The van der Waals surface area contributed by atoms with Gasteiger partial charge in [-0.2, -0.15) is 0 Å². The molecule has 0 N–H and O–H groups in total. The van der Waals surface area contributed by atoms with Crippen LogP contribution in [0.4, 0.5) is 11.4 Å². The molecule has 0 saturated carbocycles. The zero-order valence-electron chi connectivity index (χ0n) is 27.4. The minimum atomic E-state index is -0.0916. The summed E-state index contributed by atoms with van der Waals surface area (Å²) in [6.07, 6.45) is 9.01. The first-order valence-electron chi connectivity index (χ1n) is 17.1. The number of hydrogen-bond donors (Lipinski definition) is 0. The van der Waals surface area contributed by atoms with Gasteiger partial charge in [-0.25, -0.2) is 0 Å². The Hall–Kier alpha value is -5.60. The number of nitrogens with zero attached hydrogens (tertiary/aromatic N) is 1. The Kier molecular flexibility index (Phi) is 5.70. The molecule has 48 heavy (non-hydrogen) atoms. The number of ether oxygens (including phenoxy) is 1. The Morgan fingerprint density at radius 1 is 0.521 bits per heavy atom. The van der Waals surface area contributed by atoms with E-state index in [2.05, 4.69) is 171 Å². The van der Waals surface area contributed by atoms with Crippen molar-refractivity contribution in [2.24, 2.45) is 5.92 Å². The van der Waals surface area contributed by atoms with Crippen molar-refractivity contribution in [2.75, 3.05) is 4.90 Å². The van der Waals surface area contributed by atoms with Crippen LogP contribution in [-0.2, 0) is 5.41 Å². The van der Waals surface area contributed by atoms with E-state index in [0.29, 0.717) is 5.92 Å². The van der Waals surface area contributed by atoms with Gasteiger partial charge in [-0.1, -0.05) is 136 Å². The average Bonchev–Trinajstić information content (AvgIpc) is 3.35. The van der Waals surface area contributed by atoms with Gasteiger partial charge in [-0.05, 0) is 102 Å². The Balaban J connectivity index is 1.17. The van der Waals surface area contributed by atoms with E-state index in [1.165, 1.54) is 65.7 Å². The van der Waals surface area contributed by atoms with Crippen LogP contribution in [0.15, 0.2) is 146 Å². The highest BCUT2D eigenvalue weighted by Gasteiger charge is 2.39. The van der Waals surface area contributed by atoms with Gasteiger partial charge in [0.2, 0.25) is 0 Å². The molecule has 2 heteroatoms. The number of allylic oxidation sites excluding steroid dienone is 2. The molecule has 10 rings (SSSR count). The van der Waals surface area contributed by atoms with Crippen molar-refractivity contribution >= 4 is 43.7 Å². The first-order valence-corrected chi connectivity index (χ1v) is 17.1. The van der Waals surface area contributed by atoms with Crippen molar-refractivity contribution in [2.45, 2.75) is 32.2 Å². The molecule has 3 aliphatic rings. The van der Waals surface area contributed by atoms with E-state index < -0.39 is 0 Å². The smallest absolute Gasteiger partial charge is 0.151 e. The maximum absolute atomic E-state index is 6.83. The highest BCUT2D eigenvalue weighted by atomic mass is 16.5. The van der Waals surface area contributed by atoms with Crippen molar-refractivity contribution in [1.82, 2.24) is 0 Å². The minimum Gasteiger partial charge on any atom is -0.453 e. The van der Waals surface area contributed by atoms with Gasteiger partial charge in [-0.15, -0.1) is 0 Å². The zero-order chi connectivity index (χ0) is 32.1. The lowest BCUT2D eigenvalue weighted by Gasteiger charge is -2.41. The van der Waals surface area contributed by atoms with Crippen LogP contribution in [0.25, 0.3) is 54.6 Å². The molecule has 0 bridgehead atoms. The molecule has 7 aromatic carbocycles. The van der Waals surface area contributed by atoms with E-state index >= 15 is 0 Å². The van der Waals surface area contributed by atoms with Crippen LogP contribution in [0.1, 0.15) is 31.9 Å². The number of benzene rings is 7. The third kappa shape index (κ3) is 3.80. The molecule has 0 radical (unpaired) electrons. The summed E-state index contributed by atoms with van der Waals surface area (Å²) in [6, 6.07) is 45.0. The summed E-state index contributed by atoms with van der Waals surface area (Å²) in [5, 5.41) is 7.74. The molecule has 2 unspecified atom stereocenters. The van der Waals surface area contributed by atoms with Gasteiger partial charge in [0.15, 0.2) is 11.5 Å². The van der Waals surface area contributed by atoms with E-state index in [-0.39, 0.29) is 11.5 Å². The number of fused-ring (bicyclic) bond motifs is 11. The number of hydrogen-bond acceptors (Lipinski definition) is 2. The lowest BCUT2D eigenvalue weighted by Crippen LogP contribution is -2.37. The van der Waals surface area contributed by atoms with Crippen LogP contribution in [0.5, 0.6) is 11.5 Å².